The maximum absolute atomic E-state index is 14.3. The lowest BCUT2D eigenvalue weighted by molar-refractivity contribution is 0.395. The van der Waals surface area contributed by atoms with E-state index in [2.05, 4.69) is 4.98 Å². The first-order valence-electron chi connectivity index (χ1n) is 7.65. The summed E-state index contributed by atoms with van der Waals surface area (Å²) in [5, 5.41) is 0.148. The SMILES string of the molecule is COc1cc(OC)c(Cl)c(-c2ccc(=O)[nH]c2-c2c(F)cc(F)cc2F)c1. The second-order valence-electron chi connectivity index (χ2n) is 5.55. The molecule has 1 heterocycles. The van der Waals surface area contributed by atoms with Gasteiger partial charge in [-0.15, -0.1) is 0 Å². The molecule has 3 rings (SSSR count). The molecule has 0 spiro atoms. The third kappa shape index (κ3) is 3.50. The highest BCUT2D eigenvalue weighted by Gasteiger charge is 2.21. The van der Waals surface area contributed by atoms with Crippen molar-refractivity contribution in [3.05, 3.63) is 69.2 Å². The largest absolute Gasteiger partial charge is 0.497 e. The van der Waals surface area contributed by atoms with Crippen LogP contribution in [0.3, 0.4) is 0 Å². The van der Waals surface area contributed by atoms with Crippen molar-refractivity contribution in [1.82, 2.24) is 4.98 Å². The van der Waals surface area contributed by atoms with Crippen LogP contribution in [0.1, 0.15) is 0 Å². The predicted molar refractivity (Wildman–Crippen MR) is 95.9 cm³/mol. The van der Waals surface area contributed by atoms with Gasteiger partial charge in [-0.05, 0) is 12.1 Å². The molecule has 0 amide bonds. The lowest BCUT2D eigenvalue weighted by Crippen LogP contribution is -2.08. The van der Waals surface area contributed by atoms with Crippen LogP contribution in [-0.2, 0) is 0 Å². The minimum absolute atomic E-state index is 0.148. The van der Waals surface area contributed by atoms with Gasteiger partial charge in [0.15, 0.2) is 0 Å². The zero-order valence-corrected chi connectivity index (χ0v) is 15.0. The number of nitrogens with one attached hydrogen (secondary N) is 1. The molecule has 0 aliphatic heterocycles. The van der Waals surface area contributed by atoms with E-state index in [0.29, 0.717) is 23.4 Å². The Morgan fingerprint density at radius 2 is 1.59 bits per heavy atom. The lowest BCUT2D eigenvalue weighted by Gasteiger charge is -2.15. The fourth-order valence-corrected chi connectivity index (χ4v) is 3.00. The van der Waals surface area contributed by atoms with Gasteiger partial charge in [-0.1, -0.05) is 11.6 Å². The Balaban J connectivity index is 2.37. The number of rotatable bonds is 4. The van der Waals surface area contributed by atoms with Gasteiger partial charge in [0, 0.05) is 35.4 Å². The van der Waals surface area contributed by atoms with Crippen molar-refractivity contribution < 1.29 is 22.6 Å². The van der Waals surface area contributed by atoms with Gasteiger partial charge in [0.1, 0.15) is 29.0 Å². The zero-order valence-electron chi connectivity index (χ0n) is 14.2. The number of aromatic nitrogens is 1. The number of ether oxygens (including phenoxy) is 2. The Kier molecular flexibility index (Phi) is 5.14. The summed E-state index contributed by atoms with van der Waals surface area (Å²) in [5.41, 5.74) is -0.844. The van der Waals surface area contributed by atoms with Crippen LogP contribution in [0.25, 0.3) is 22.4 Å². The Hall–Kier alpha value is -2.93. The van der Waals surface area contributed by atoms with Crippen LogP contribution < -0.4 is 15.0 Å². The Bertz CT molecular complexity index is 1060. The van der Waals surface area contributed by atoms with E-state index >= 15 is 0 Å². The van der Waals surface area contributed by atoms with Crippen LogP contribution in [0.2, 0.25) is 5.02 Å². The number of aromatic amines is 1. The summed E-state index contributed by atoms with van der Waals surface area (Å²) in [7, 11) is 2.83. The molecule has 0 bridgehead atoms. The molecule has 1 aromatic heterocycles. The van der Waals surface area contributed by atoms with Crippen molar-refractivity contribution in [3.8, 4) is 33.9 Å². The highest BCUT2D eigenvalue weighted by Crippen LogP contribution is 2.42. The number of halogens is 4. The van der Waals surface area contributed by atoms with Gasteiger partial charge < -0.3 is 14.5 Å². The van der Waals surface area contributed by atoms with Gasteiger partial charge in [-0.3, -0.25) is 4.79 Å². The topological polar surface area (TPSA) is 51.3 Å². The second-order valence-corrected chi connectivity index (χ2v) is 5.92. The van der Waals surface area contributed by atoms with Crippen LogP contribution in [-0.4, -0.2) is 19.2 Å². The first-order valence-corrected chi connectivity index (χ1v) is 8.03. The number of hydrogen-bond donors (Lipinski definition) is 1. The summed E-state index contributed by atoms with van der Waals surface area (Å²) in [4.78, 5) is 14.2. The van der Waals surface area contributed by atoms with Gasteiger partial charge in [0.2, 0.25) is 5.56 Å². The Morgan fingerprint density at radius 1 is 0.926 bits per heavy atom. The number of pyridine rings is 1. The van der Waals surface area contributed by atoms with Crippen LogP contribution in [0.15, 0.2) is 41.2 Å². The van der Waals surface area contributed by atoms with Crippen molar-refractivity contribution in [3.63, 3.8) is 0 Å². The lowest BCUT2D eigenvalue weighted by atomic mass is 9.98. The van der Waals surface area contributed by atoms with Crippen LogP contribution >= 0.6 is 11.6 Å². The van der Waals surface area contributed by atoms with Crippen molar-refractivity contribution in [2.45, 2.75) is 0 Å². The minimum atomic E-state index is -1.17. The molecule has 0 atom stereocenters. The summed E-state index contributed by atoms with van der Waals surface area (Å²) in [6.07, 6.45) is 0. The molecular weight excluding hydrogens is 383 g/mol. The molecule has 140 valence electrons. The van der Waals surface area contributed by atoms with Crippen LogP contribution in [0.4, 0.5) is 13.2 Å². The third-order valence-electron chi connectivity index (χ3n) is 3.93. The first-order chi connectivity index (χ1) is 12.8. The molecule has 1 N–H and O–H groups in total. The molecule has 0 fully saturated rings. The maximum atomic E-state index is 14.3. The maximum Gasteiger partial charge on any atom is 0.248 e. The Morgan fingerprint density at radius 3 is 2.19 bits per heavy atom. The normalized spacial score (nSPS) is 10.7. The molecule has 0 saturated carbocycles. The third-order valence-corrected chi connectivity index (χ3v) is 4.32. The first kappa shape index (κ1) is 18.8. The average Bonchev–Trinajstić information content (AvgIpc) is 2.61. The van der Waals surface area contributed by atoms with Crippen molar-refractivity contribution in [1.29, 1.82) is 0 Å². The van der Waals surface area contributed by atoms with E-state index in [0.717, 1.165) is 0 Å². The number of H-pyrrole nitrogens is 1. The molecule has 4 nitrogen and oxygen atoms in total. The molecule has 0 aliphatic carbocycles. The summed E-state index contributed by atoms with van der Waals surface area (Å²) in [5.74, 6) is -2.76. The molecule has 2 aromatic carbocycles. The van der Waals surface area contributed by atoms with Crippen LogP contribution in [0, 0.1) is 17.5 Å². The standard InChI is InChI=1S/C19H13ClF3NO3/c1-26-10-7-12(18(20)15(8-10)27-2)11-3-4-16(25)24-19(11)17-13(22)5-9(21)6-14(17)23/h3-8H,1-2H3,(H,24,25). The van der Waals surface area contributed by atoms with Gasteiger partial charge in [0.25, 0.3) is 0 Å². The van der Waals surface area contributed by atoms with Crippen molar-refractivity contribution in [2.75, 3.05) is 14.2 Å². The van der Waals surface area contributed by atoms with Crippen LogP contribution in [0.5, 0.6) is 11.5 Å². The number of hydrogen-bond acceptors (Lipinski definition) is 3. The van der Waals surface area contributed by atoms with E-state index in [-0.39, 0.29) is 22.0 Å². The van der Waals surface area contributed by atoms with Gasteiger partial charge in [-0.25, -0.2) is 13.2 Å². The van der Waals surface area contributed by atoms with E-state index in [1.807, 2.05) is 0 Å². The van der Waals surface area contributed by atoms with E-state index < -0.39 is 28.6 Å². The number of methoxy groups -OCH3 is 2. The molecule has 0 aliphatic rings. The summed E-state index contributed by atoms with van der Waals surface area (Å²) in [6.45, 7) is 0. The average molecular weight is 396 g/mol. The van der Waals surface area contributed by atoms with E-state index in [4.69, 9.17) is 21.1 Å². The van der Waals surface area contributed by atoms with Gasteiger partial charge in [0.05, 0.1) is 30.5 Å². The number of benzene rings is 2. The molecule has 0 radical (unpaired) electrons. The highest BCUT2D eigenvalue weighted by atomic mass is 35.5. The fourth-order valence-electron chi connectivity index (χ4n) is 2.71. The minimum Gasteiger partial charge on any atom is -0.497 e. The molecule has 27 heavy (non-hydrogen) atoms. The Labute approximate surface area is 157 Å². The van der Waals surface area contributed by atoms with E-state index in [1.54, 1.807) is 0 Å². The molecule has 3 aromatic rings. The summed E-state index contributed by atoms with van der Waals surface area (Å²) >= 11 is 6.36. The molecular formula is C19H13ClF3NO3. The zero-order chi connectivity index (χ0) is 19.7. The van der Waals surface area contributed by atoms with E-state index in [9.17, 15) is 18.0 Å². The fraction of sp³-hybridized carbons (Fsp3) is 0.105. The van der Waals surface area contributed by atoms with E-state index in [1.165, 1.54) is 38.5 Å². The van der Waals surface area contributed by atoms with Crippen molar-refractivity contribution in [2.24, 2.45) is 0 Å². The second kappa shape index (κ2) is 7.36. The summed E-state index contributed by atoms with van der Waals surface area (Å²) < 4.78 is 52.3. The summed E-state index contributed by atoms with van der Waals surface area (Å²) in [6, 6.07) is 6.66. The molecule has 0 saturated heterocycles. The smallest absolute Gasteiger partial charge is 0.248 e. The van der Waals surface area contributed by atoms with Gasteiger partial charge >= 0.3 is 0 Å². The monoisotopic (exact) mass is 395 g/mol. The van der Waals surface area contributed by atoms with Crippen molar-refractivity contribution >= 4 is 11.6 Å². The predicted octanol–water partition coefficient (Wildman–Crippen LogP) is 4.80. The van der Waals surface area contributed by atoms with Gasteiger partial charge in [-0.2, -0.15) is 0 Å². The quantitative estimate of drug-likeness (QED) is 0.690. The highest BCUT2D eigenvalue weighted by molar-refractivity contribution is 6.35. The molecule has 8 heteroatoms. The molecule has 0 unspecified atom stereocenters.